The second-order valence-electron chi connectivity index (χ2n) is 8.20. The topological polar surface area (TPSA) is 88.4 Å². The molecule has 1 amide bonds. The summed E-state index contributed by atoms with van der Waals surface area (Å²) >= 11 is 15.7. The van der Waals surface area contributed by atoms with Crippen molar-refractivity contribution in [1.82, 2.24) is 4.90 Å². The second kappa shape index (κ2) is 13.1. The van der Waals surface area contributed by atoms with E-state index in [-0.39, 0.29) is 18.1 Å². The van der Waals surface area contributed by atoms with E-state index in [9.17, 15) is 14.7 Å². The van der Waals surface area contributed by atoms with E-state index < -0.39 is 5.97 Å². The zero-order chi connectivity index (χ0) is 28.1. The molecule has 39 heavy (non-hydrogen) atoms. The van der Waals surface area contributed by atoms with Crippen molar-refractivity contribution in [3.05, 3.63) is 89.8 Å². The zero-order valence-corrected chi connectivity index (χ0v) is 25.4. The number of carbonyl (C=O) groups is 2. The van der Waals surface area contributed by atoms with Crippen molar-refractivity contribution in [3.8, 4) is 11.5 Å². The highest BCUT2D eigenvalue weighted by molar-refractivity contribution is 14.1. The summed E-state index contributed by atoms with van der Waals surface area (Å²) in [5.41, 5.74) is 2.14. The molecular formula is C28H23Cl2IN2O5S. The maximum Gasteiger partial charge on any atom is 0.335 e. The van der Waals surface area contributed by atoms with Crippen LogP contribution in [-0.2, 0) is 11.4 Å². The lowest BCUT2D eigenvalue weighted by molar-refractivity contribution is -0.122. The number of nitrogens with zero attached hydrogens (tertiary/aromatic N) is 2. The molecule has 1 aliphatic rings. The van der Waals surface area contributed by atoms with Gasteiger partial charge in [0, 0.05) is 22.2 Å². The molecule has 0 radical (unpaired) electrons. The van der Waals surface area contributed by atoms with Crippen molar-refractivity contribution in [2.24, 2.45) is 4.99 Å². The van der Waals surface area contributed by atoms with Gasteiger partial charge < -0.3 is 14.6 Å². The minimum Gasteiger partial charge on any atom is -0.490 e. The smallest absolute Gasteiger partial charge is 0.335 e. The lowest BCUT2D eigenvalue weighted by atomic mass is 10.1. The van der Waals surface area contributed by atoms with Crippen molar-refractivity contribution >= 4 is 86.4 Å². The summed E-state index contributed by atoms with van der Waals surface area (Å²) in [5, 5.41) is 10.8. The van der Waals surface area contributed by atoms with E-state index in [0.717, 1.165) is 14.7 Å². The Bertz CT molecular complexity index is 1490. The third-order valence-corrected chi connectivity index (χ3v) is 7.93. The number of ether oxygens (including phenoxy) is 2. The van der Waals surface area contributed by atoms with E-state index in [0.29, 0.717) is 50.5 Å². The molecule has 3 aromatic carbocycles. The third kappa shape index (κ3) is 7.08. The molecule has 11 heteroatoms. The molecule has 0 aromatic heterocycles. The Balaban J connectivity index is 1.62. The number of carboxylic acid groups (broad SMARTS) is 1. The number of amides is 1. The number of benzene rings is 3. The summed E-state index contributed by atoms with van der Waals surface area (Å²) < 4.78 is 12.8. The number of carboxylic acids is 1. The van der Waals surface area contributed by atoms with Crippen LogP contribution in [0.5, 0.6) is 11.5 Å². The molecule has 1 heterocycles. The minimum atomic E-state index is -1.04. The Morgan fingerprint density at radius 2 is 1.92 bits per heavy atom. The Labute approximate surface area is 253 Å². The lowest BCUT2D eigenvalue weighted by Crippen LogP contribution is -2.28. The van der Waals surface area contributed by atoms with Crippen LogP contribution in [0.1, 0.15) is 35.3 Å². The molecule has 7 nitrogen and oxygen atoms in total. The molecule has 1 N–H and O–H groups in total. The highest BCUT2D eigenvalue weighted by Crippen LogP contribution is 2.39. The molecule has 0 unspecified atom stereocenters. The molecule has 0 bridgehead atoms. The number of carbonyl (C=O) groups excluding carboxylic acids is 1. The molecule has 1 aliphatic heterocycles. The fraction of sp³-hybridized carbons (Fsp3) is 0.179. The van der Waals surface area contributed by atoms with E-state index in [2.05, 4.69) is 27.6 Å². The van der Waals surface area contributed by atoms with Crippen molar-refractivity contribution < 1.29 is 24.2 Å². The number of rotatable bonds is 9. The SMILES string of the molecule is CCOc1cc(/C=C2\SC(=Nc3cccc(C(=O)O)c3)N(CC)C2=O)cc(I)c1OCc1ccc(Cl)cc1Cl. The predicted octanol–water partition coefficient (Wildman–Crippen LogP) is 7.90. The van der Waals surface area contributed by atoms with E-state index >= 15 is 0 Å². The monoisotopic (exact) mass is 696 g/mol. The molecule has 202 valence electrons. The molecule has 3 aromatic rings. The van der Waals surface area contributed by atoms with Gasteiger partial charge in [-0.2, -0.15) is 0 Å². The number of halogens is 3. The van der Waals surface area contributed by atoms with Gasteiger partial charge in [-0.05, 0) is 102 Å². The van der Waals surface area contributed by atoms with Crippen molar-refractivity contribution in [2.45, 2.75) is 20.5 Å². The fourth-order valence-electron chi connectivity index (χ4n) is 3.70. The first-order valence-corrected chi connectivity index (χ1v) is 14.5. The van der Waals surface area contributed by atoms with Gasteiger partial charge in [0.25, 0.3) is 5.91 Å². The zero-order valence-electron chi connectivity index (χ0n) is 20.9. The molecule has 1 fully saturated rings. The van der Waals surface area contributed by atoms with Gasteiger partial charge in [-0.25, -0.2) is 9.79 Å². The van der Waals surface area contributed by atoms with Crippen molar-refractivity contribution in [3.63, 3.8) is 0 Å². The van der Waals surface area contributed by atoms with Gasteiger partial charge in [0.05, 0.1) is 26.3 Å². The lowest BCUT2D eigenvalue weighted by Gasteiger charge is -2.15. The van der Waals surface area contributed by atoms with Gasteiger partial charge in [-0.1, -0.05) is 35.3 Å². The number of likely N-dealkylation sites (N-methyl/N-ethyl adjacent to an activating group) is 1. The fourth-order valence-corrected chi connectivity index (χ4v) is 6.01. The van der Waals surface area contributed by atoms with Crippen LogP contribution in [0.3, 0.4) is 0 Å². The molecule has 0 aliphatic carbocycles. The van der Waals surface area contributed by atoms with Gasteiger partial charge in [-0.15, -0.1) is 0 Å². The highest BCUT2D eigenvalue weighted by Gasteiger charge is 2.32. The Hall–Kier alpha value is -2.73. The van der Waals surface area contributed by atoms with Crippen LogP contribution in [0.25, 0.3) is 6.08 Å². The van der Waals surface area contributed by atoms with Crippen LogP contribution < -0.4 is 9.47 Å². The summed E-state index contributed by atoms with van der Waals surface area (Å²) in [6.07, 6.45) is 1.79. The quantitative estimate of drug-likeness (QED) is 0.181. The van der Waals surface area contributed by atoms with Crippen molar-refractivity contribution in [2.75, 3.05) is 13.2 Å². The molecule has 0 saturated carbocycles. The van der Waals surface area contributed by atoms with Crippen LogP contribution in [0.4, 0.5) is 5.69 Å². The van der Waals surface area contributed by atoms with Gasteiger partial charge >= 0.3 is 5.97 Å². The average molecular weight is 697 g/mol. The first-order valence-electron chi connectivity index (χ1n) is 11.9. The summed E-state index contributed by atoms with van der Waals surface area (Å²) in [5.74, 6) is -0.0971. The summed E-state index contributed by atoms with van der Waals surface area (Å²) in [7, 11) is 0. The summed E-state index contributed by atoms with van der Waals surface area (Å²) in [4.78, 5) is 31.1. The normalized spacial score (nSPS) is 15.3. The number of aliphatic imine (C=N–C) groups is 1. The molecule has 4 rings (SSSR count). The third-order valence-electron chi connectivity index (χ3n) is 5.54. The predicted molar refractivity (Wildman–Crippen MR) is 165 cm³/mol. The maximum atomic E-state index is 13.2. The number of thioether (sulfide) groups is 1. The summed E-state index contributed by atoms with van der Waals surface area (Å²) in [6.45, 7) is 4.82. The molecule has 0 atom stereocenters. The highest BCUT2D eigenvalue weighted by atomic mass is 127. The van der Waals surface area contributed by atoms with Crippen LogP contribution in [0.15, 0.2) is 64.5 Å². The number of hydrogen-bond donors (Lipinski definition) is 1. The maximum absolute atomic E-state index is 13.2. The standard InChI is InChI=1S/C28H23Cl2IN2O5S/c1-3-33-26(34)24(39-28(33)32-20-7-5-6-17(13-20)27(35)36)12-16-10-22(31)25(23(11-16)37-4-2)38-15-18-8-9-19(29)14-21(18)30/h5-14H,3-4,15H2,1-2H3,(H,35,36)/b24-12-,32-28?. The van der Waals surface area contributed by atoms with Crippen molar-refractivity contribution in [1.29, 1.82) is 0 Å². The largest absolute Gasteiger partial charge is 0.490 e. The van der Waals surface area contributed by atoms with Crippen LogP contribution in [0, 0.1) is 3.57 Å². The number of hydrogen-bond acceptors (Lipinski definition) is 6. The number of amidine groups is 1. The van der Waals surface area contributed by atoms with Gasteiger partial charge in [0.15, 0.2) is 16.7 Å². The Morgan fingerprint density at radius 3 is 2.62 bits per heavy atom. The van der Waals surface area contributed by atoms with Crippen LogP contribution in [-0.4, -0.2) is 40.2 Å². The second-order valence-corrected chi connectivity index (χ2v) is 11.2. The average Bonchev–Trinajstić information content (AvgIpc) is 3.18. The Kier molecular flexibility index (Phi) is 9.81. The van der Waals surface area contributed by atoms with Gasteiger partial charge in [0.2, 0.25) is 0 Å². The van der Waals surface area contributed by atoms with E-state index in [1.54, 1.807) is 35.2 Å². The van der Waals surface area contributed by atoms with E-state index in [1.807, 2.05) is 32.0 Å². The number of aromatic carboxylic acids is 1. The minimum absolute atomic E-state index is 0.128. The molecule has 0 spiro atoms. The van der Waals surface area contributed by atoms with E-state index in [4.69, 9.17) is 32.7 Å². The van der Waals surface area contributed by atoms with E-state index in [1.165, 1.54) is 23.9 Å². The first kappa shape index (κ1) is 29.3. The molecule has 1 saturated heterocycles. The Morgan fingerprint density at radius 1 is 1.13 bits per heavy atom. The first-order chi connectivity index (χ1) is 18.7. The molecular weight excluding hydrogens is 674 g/mol. The van der Waals surface area contributed by atoms with Crippen LogP contribution in [0.2, 0.25) is 10.0 Å². The van der Waals surface area contributed by atoms with Gasteiger partial charge in [0.1, 0.15) is 6.61 Å². The van der Waals surface area contributed by atoms with Crippen LogP contribution >= 0.6 is 57.6 Å². The summed E-state index contributed by atoms with van der Waals surface area (Å²) in [6, 6.07) is 15.3. The van der Waals surface area contributed by atoms with Gasteiger partial charge in [-0.3, -0.25) is 9.69 Å².